The van der Waals surface area contributed by atoms with Gasteiger partial charge in [0.2, 0.25) is 0 Å². The molecule has 1 aliphatic carbocycles. The van der Waals surface area contributed by atoms with Crippen LogP contribution in [0.4, 0.5) is 4.39 Å². The van der Waals surface area contributed by atoms with Crippen molar-refractivity contribution < 1.29 is 9.50 Å². The molecule has 0 radical (unpaired) electrons. The molecule has 1 aliphatic rings. The fourth-order valence-corrected chi connectivity index (χ4v) is 2.37. The van der Waals surface area contributed by atoms with E-state index >= 15 is 0 Å². The summed E-state index contributed by atoms with van der Waals surface area (Å²) in [7, 11) is 0. The smallest absolute Gasteiger partial charge is 0.126 e. The number of nitrogens with two attached hydrogens (primary N) is 1. The monoisotopic (exact) mass is 209 g/mol. The molecule has 0 saturated carbocycles. The first-order chi connectivity index (χ1) is 7.24. The molecule has 0 fully saturated rings. The van der Waals surface area contributed by atoms with Crippen molar-refractivity contribution in [2.45, 2.75) is 25.4 Å². The Morgan fingerprint density at radius 1 is 1.47 bits per heavy atom. The van der Waals surface area contributed by atoms with E-state index in [1.807, 2.05) is 6.07 Å². The van der Waals surface area contributed by atoms with Crippen LogP contribution < -0.4 is 5.73 Å². The van der Waals surface area contributed by atoms with Crippen molar-refractivity contribution in [2.24, 2.45) is 11.7 Å². The molecule has 15 heavy (non-hydrogen) atoms. The van der Waals surface area contributed by atoms with Crippen LogP contribution in [0.25, 0.3) is 0 Å². The number of halogens is 1. The first-order valence-corrected chi connectivity index (χ1v) is 5.39. The van der Waals surface area contributed by atoms with Gasteiger partial charge in [0.05, 0.1) is 6.10 Å². The first-order valence-electron chi connectivity index (χ1n) is 5.39. The normalized spacial score (nSPS) is 25.0. The molecule has 0 spiro atoms. The van der Waals surface area contributed by atoms with Crippen LogP contribution in [0.2, 0.25) is 0 Å². The van der Waals surface area contributed by atoms with Crippen LogP contribution >= 0.6 is 0 Å². The highest BCUT2D eigenvalue weighted by molar-refractivity contribution is 5.33. The molecular weight excluding hydrogens is 193 g/mol. The Morgan fingerprint density at radius 3 is 3.00 bits per heavy atom. The summed E-state index contributed by atoms with van der Waals surface area (Å²) in [6.07, 6.45) is 1.79. The Hall–Kier alpha value is -0.930. The number of hydrogen-bond donors (Lipinski definition) is 2. The maximum atomic E-state index is 13.4. The number of aliphatic hydroxyl groups is 1. The first kappa shape index (κ1) is 10.6. The molecule has 0 aromatic heterocycles. The molecule has 1 aromatic carbocycles. The van der Waals surface area contributed by atoms with Gasteiger partial charge in [-0.25, -0.2) is 4.39 Å². The molecule has 2 atom stereocenters. The third kappa shape index (κ3) is 1.90. The zero-order valence-electron chi connectivity index (χ0n) is 8.62. The highest BCUT2D eigenvalue weighted by Gasteiger charge is 2.28. The Morgan fingerprint density at radius 2 is 2.27 bits per heavy atom. The van der Waals surface area contributed by atoms with Crippen molar-refractivity contribution in [3.05, 3.63) is 35.1 Å². The molecule has 1 aromatic rings. The average Bonchev–Trinajstić information content (AvgIpc) is 2.23. The Labute approximate surface area is 88.9 Å². The highest BCUT2D eigenvalue weighted by atomic mass is 19.1. The minimum atomic E-state index is -0.548. The Bertz CT molecular complexity index is 353. The topological polar surface area (TPSA) is 46.2 Å². The van der Waals surface area contributed by atoms with Crippen molar-refractivity contribution in [3.63, 3.8) is 0 Å². The summed E-state index contributed by atoms with van der Waals surface area (Å²) in [6, 6.07) is 4.92. The van der Waals surface area contributed by atoms with Crippen molar-refractivity contribution in [3.8, 4) is 0 Å². The van der Waals surface area contributed by atoms with Gasteiger partial charge in [0.25, 0.3) is 0 Å². The van der Waals surface area contributed by atoms with Gasteiger partial charge in [-0.05, 0) is 48.9 Å². The molecule has 0 aliphatic heterocycles. The molecule has 3 heteroatoms. The average molecular weight is 209 g/mol. The van der Waals surface area contributed by atoms with Gasteiger partial charge in [-0.3, -0.25) is 0 Å². The lowest BCUT2D eigenvalue weighted by molar-refractivity contribution is 0.0889. The van der Waals surface area contributed by atoms with E-state index < -0.39 is 6.10 Å². The van der Waals surface area contributed by atoms with Crippen LogP contribution in [0.3, 0.4) is 0 Å². The Kier molecular flexibility index (Phi) is 3.03. The molecule has 2 nitrogen and oxygen atoms in total. The summed E-state index contributed by atoms with van der Waals surface area (Å²) in [5.41, 5.74) is 6.91. The largest absolute Gasteiger partial charge is 0.388 e. The van der Waals surface area contributed by atoms with Gasteiger partial charge in [0, 0.05) is 0 Å². The summed E-state index contributed by atoms with van der Waals surface area (Å²) < 4.78 is 13.4. The minimum Gasteiger partial charge on any atom is -0.388 e. The van der Waals surface area contributed by atoms with E-state index in [0.717, 1.165) is 18.4 Å². The van der Waals surface area contributed by atoms with Crippen molar-refractivity contribution in [1.29, 1.82) is 0 Å². The van der Waals surface area contributed by atoms with Gasteiger partial charge < -0.3 is 10.8 Å². The minimum absolute atomic E-state index is 0.185. The number of aliphatic hydroxyl groups excluding tert-OH is 1. The molecule has 0 saturated heterocycles. The second-order valence-electron chi connectivity index (χ2n) is 4.13. The fourth-order valence-electron chi connectivity index (χ4n) is 2.37. The third-order valence-electron chi connectivity index (χ3n) is 3.22. The molecule has 2 unspecified atom stereocenters. The molecular formula is C12H16FNO. The summed E-state index contributed by atoms with van der Waals surface area (Å²) in [5.74, 6) is -0.0120. The van der Waals surface area contributed by atoms with Gasteiger partial charge in [-0.2, -0.15) is 0 Å². The van der Waals surface area contributed by atoms with Gasteiger partial charge >= 0.3 is 0 Å². The van der Waals surface area contributed by atoms with E-state index in [2.05, 4.69) is 0 Å². The van der Waals surface area contributed by atoms with Crippen LogP contribution in [0, 0.1) is 11.7 Å². The van der Waals surface area contributed by atoms with Crippen LogP contribution in [0.15, 0.2) is 18.2 Å². The predicted octanol–water partition coefficient (Wildman–Crippen LogP) is 1.77. The molecule has 2 rings (SSSR count). The van der Waals surface area contributed by atoms with Crippen molar-refractivity contribution in [2.75, 3.05) is 6.54 Å². The summed E-state index contributed by atoms with van der Waals surface area (Å²) in [4.78, 5) is 0. The van der Waals surface area contributed by atoms with E-state index in [1.165, 1.54) is 6.07 Å². The lowest BCUT2D eigenvalue weighted by atomic mass is 9.80. The van der Waals surface area contributed by atoms with E-state index in [-0.39, 0.29) is 11.7 Å². The molecule has 82 valence electrons. The van der Waals surface area contributed by atoms with Crippen LogP contribution in [-0.2, 0) is 6.42 Å². The quantitative estimate of drug-likeness (QED) is 0.779. The second-order valence-corrected chi connectivity index (χ2v) is 4.13. The Balaban J connectivity index is 2.30. The van der Waals surface area contributed by atoms with E-state index in [9.17, 15) is 9.50 Å². The van der Waals surface area contributed by atoms with E-state index in [1.54, 1.807) is 6.07 Å². The van der Waals surface area contributed by atoms with Crippen molar-refractivity contribution >= 4 is 0 Å². The van der Waals surface area contributed by atoms with Crippen LogP contribution in [0.5, 0.6) is 0 Å². The maximum Gasteiger partial charge on any atom is 0.126 e. The van der Waals surface area contributed by atoms with Gasteiger partial charge in [0.1, 0.15) is 5.82 Å². The molecule has 0 bridgehead atoms. The summed E-state index contributed by atoms with van der Waals surface area (Å²) >= 11 is 0. The summed E-state index contributed by atoms with van der Waals surface area (Å²) in [6.45, 7) is 0.576. The third-order valence-corrected chi connectivity index (χ3v) is 3.22. The summed E-state index contributed by atoms with van der Waals surface area (Å²) in [5, 5.41) is 10.1. The lowest BCUT2D eigenvalue weighted by Gasteiger charge is -2.30. The van der Waals surface area contributed by atoms with E-state index in [0.29, 0.717) is 18.5 Å². The zero-order chi connectivity index (χ0) is 10.8. The van der Waals surface area contributed by atoms with E-state index in [4.69, 9.17) is 5.73 Å². The van der Waals surface area contributed by atoms with Crippen molar-refractivity contribution in [1.82, 2.24) is 0 Å². The SMILES string of the molecule is NCCC1CCc2c(F)cccc2C1O. The lowest BCUT2D eigenvalue weighted by Crippen LogP contribution is -2.23. The number of hydrogen-bond acceptors (Lipinski definition) is 2. The van der Waals surface area contributed by atoms with Gasteiger partial charge in [0.15, 0.2) is 0 Å². The molecule has 3 N–H and O–H groups in total. The van der Waals surface area contributed by atoms with Gasteiger partial charge in [-0.1, -0.05) is 12.1 Å². The zero-order valence-corrected chi connectivity index (χ0v) is 8.62. The maximum absolute atomic E-state index is 13.4. The molecule has 0 amide bonds. The number of fused-ring (bicyclic) bond motifs is 1. The van der Waals surface area contributed by atoms with Gasteiger partial charge in [-0.15, -0.1) is 0 Å². The number of rotatable bonds is 2. The predicted molar refractivity (Wildman–Crippen MR) is 56.8 cm³/mol. The number of benzene rings is 1. The van der Waals surface area contributed by atoms with Crippen LogP contribution in [0.1, 0.15) is 30.1 Å². The standard InChI is InChI=1S/C12H16FNO/c13-11-3-1-2-10-9(11)5-4-8(6-7-14)12(10)15/h1-3,8,12,15H,4-7,14H2. The van der Waals surface area contributed by atoms with Crippen LogP contribution in [-0.4, -0.2) is 11.7 Å². The second kappa shape index (κ2) is 4.29. The fraction of sp³-hybridized carbons (Fsp3) is 0.500. The highest BCUT2D eigenvalue weighted by Crippen LogP contribution is 2.36. The molecule has 0 heterocycles.